The highest BCUT2D eigenvalue weighted by Gasteiger charge is 2.61. The van der Waals surface area contributed by atoms with Gasteiger partial charge >= 0.3 is 0 Å². The van der Waals surface area contributed by atoms with E-state index >= 15 is 0 Å². The highest BCUT2D eigenvalue weighted by molar-refractivity contribution is 6.30. The maximum atomic E-state index is 13.8. The second-order valence-electron chi connectivity index (χ2n) is 4.97. The topological polar surface area (TPSA) is 26.0 Å². The molecular formula is C12H15ClFN. The smallest absolute Gasteiger partial charge is 0.128 e. The van der Waals surface area contributed by atoms with E-state index in [2.05, 4.69) is 13.8 Å². The van der Waals surface area contributed by atoms with Crippen LogP contribution < -0.4 is 5.73 Å². The molecule has 1 aromatic carbocycles. The number of rotatable bonds is 2. The fourth-order valence-electron chi connectivity index (χ4n) is 2.51. The van der Waals surface area contributed by atoms with Crippen molar-refractivity contribution in [1.82, 2.24) is 0 Å². The molecule has 1 saturated carbocycles. The van der Waals surface area contributed by atoms with Crippen LogP contribution >= 0.6 is 11.6 Å². The van der Waals surface area contributed by atoms with Crippen LogP contribution in [0.5, 0.6) is 0 Å². The lowest BCUT2D eigenvalue weighted by Crippen LogP contribution is -2.26. The molecule has 1 aliphatic rings. The molecule has 1 nitrogen and oxygen atoms in total. The minimum Gasteiger partial charge on any atom is -0.330 e. The summed E-state index contributed by atoms with van der Waals surface area (Å²) in [6.45, 7) is 4.72. The van der Waals surface area contributed by atoms with Gasteiger partial charge < -0.3 is 5.73 Å². The van der Waals surface area contributed by atoms with Gasteiger partial charge in [0, 0.05) is 17.0 Å². The quantitative estimate of drug-likeness (QED) is 0.826. The molecular weight excluding hydrogens is 213 g/mol. The van der Waals surface area contributed by atoms with E-state index in [-0.39, 0.29) is 16.6 Å². The summed E-state index contributed by atoms with van der Waals surface area (Å²) in [5, 5.41) is 0.432. The zero-order valence-corrected chi connectivity index (χ0v) is 9.74. The van der Waals surface area contributed by atoms with Crippen LogP contribution in [0.1, 0.15) is 25.8 Å². The molecule has 0 radical (unpaired) electrons. The second kappa shape index (κ2) is 3.19. The van der Waals surface area contributed by atoms with Crippen molar-refractivity contribution in [3.05, 3.63) is 34.6 Å². The van der Waals surface area contributed by atoms with Crippen molar-refractivity contribution in [3.63, 3.8) is 0 Å². The Labute approximate surface area is 94.4 Å². The standard InChI is InChI=1S/C12H15ClFN/c1-11(2)6-12(11,7-15)9-4-3-8(13)5-10(9)14/h3-5H,6-7,15H2,1-2H3. The molecule has 1 unspecified atom stereocenters. The van der Waals surface area contributed by atoms with Crippen LogP contribution in [0.3, 0.4) is 0 Å². The van der Waals surface area contributed by atoms with Gasteiger partial charge in [-0.3, -0.25) is 0 Å². The van der Waals surface area contributed by atoms with Crippen molar-refractivity contribution in [2.75, 3.05) is 6.54 Å². The Hall–Kier alpha value is -0.600. The molecule has 0 aromatic heterocycles. The van der Waals surface area contributed by atoms with Gasteiger partial charge in [-0.25, -0.2) is 4.39 Å². The molecule has 15 heavy (non-hydrogen) atoms. The predicted octanol–water partition coefficient (Wildman–Crippen LogP) is 3.11. The van der Waals surface area contributed by atoms with Gasteiger partial charge in [0.15, 0.2) is 0 Å². The van der Waals surface area contributed by atoms with E-state index < -0.39 is 0 Å². The number of hydrogen-bond donors (Lipinski definition) is 1. The summed E-state index contributed by atoms with van der Waals surface area (Å²) in [6, 6.07) is 4.85. The van der Waals surface area contributed by atoms with Crippen LogP contribution in [0.25, 0.3) is 0 Å². The average Bonchev–Trinajstić information content (AvgIpc) is 2.69. The third kappa shape index (κ3) is 1.47. The van der Waals surface area contributed by atoms with Crippen molar-refractivity contribution >= 4 is 11.6 Å². The van der Waals surface area contributed by atoms with Gasteiger partial charge in [-0.2, -0.15) is 0 Å². The fraction of sp³-hybridized carbons (Fsp3) is 0.500. The monoisotopic (exact) mass is 227 g/mol. The second-order valence-corrected chi connectivity index (χ2v) is 5.41. The molecule has 0 bridgehead atoms. The van der Waals surface area contributed by atoms with E-state index in [1.54, 1.807) is 12.1 Å². The van der Waals surface area contributed by atoms with Crippen molar-refractivity contribution in [3.8, 4) is 0 Å². The number of hydrogen-bond acceptors (Lipinski definition) is 1. The summed E-state index contributed by atoms with van der Waals surface area (Å²) in [6.07, 6.45) is 0.940. The maximum Gasteiger partial charge on any atom is 0.128 e. The fourth-order valence-corrected chi connectivity index (χ4v) is 2.66. The predicted molar refractivity (Wildman–Crippen MR) is 60.5 cm³/mol. The maximum absolute atomic E-state index is 13.8. The van der Waals surface area contributed by atoms with Gasteiger partial charge in [0.25, 0.3) is 0 Å². The number of halogens is 2. The Balaban J connectivity index is 2.46. The van der Waals surface area contributed by atoms with Crippen molar-refractivity contribution < 1.29 is 4.39 Å². The molecule has 1 atom stereocenters. The van der Waals surface area contributed by atoms with Gasteiger partial charge in [0.1, 0.15) is 5.82 Å². The first kappa shape index (κ1) is 10.9. The Bertz CT molecular complexity index is 403. The summed E-state index contributed by atoms with van der Waals surface area (Å²) < 4.78 is 13.8. The Morgan fingerprint density at radius 2 is 2.07 bits per heavy atom. The van der Waals surface area contributed by atoms with Crippen LogP contribution in [-0.2, 0) is 5.41 Å². The van der Waals surface area contributed by atoms with E-state index in [0.717, 1.165) is 6.42 Å². The Kier molecular flexibility index (Phi) is 2.32. The lowest BCUT2D eigenvalue weighted by atomic mass is 9.87. The summed E-state index contributed by atoms with van der Waals surface area (Å²) in [7, 11) is 0. The van der Waals surface area contributed by atoms with Gasteiger partial charge in [0.2, 0.25) is 0 Å². The Morgan fingerprint density at radius 3 is 2.47 bits per heavy atom. The SMILES string of the molecule is CC1(C)CC1(CN)c1ccc(Cl)cc1F. The van der Waals surface area contributed by atoms with Crippen LogP contribution in [-0.4, -0.2) is 6.54 Å². The van der Waals surface area contributed by atoms with E-state index in [1.807, 2.05) is 0 Å². The number of nitrogens with two attached hydrogens (primary N) is 1. The van der Waals surface area contributed by atoms with E-state index in [9.17, 15) is 4.39 Å². The van der Waals surface area contributed by atoms with Gasteiger partial charge in [-0.15, -0.1) is 0 Å². The van der Waals surface area contributed by atoms with Crippen LogP contribution in [0, 0.1) is 11.2 Å². The third-order valence-electron chi connectivity index (χ3n) is 3.71. The van der Waals surface area contributed by atoms with E-state index in [0.29, 0.717) is 17.1 Å². The highest BCUT2D eigenvalue weighted by Crippen LogP contribution is 2.64. The first-order chi connectivity index (χ1) is 6.93. The van der Waals surface area contributed by atoms with Gasteiger partial charge in [-0.1, -0.05) is 31.5 Å². The minimum atomic E-state index is -0.237. The van der Waals surface area contributed by atoms with Crippen LogP contribution in [0.4, 0.5) is 4.39 Å². The van der Waals surface area contributed by atoms with Crippen LogP contribution in [0.15, 0.2) is 18.2 Å². The van der Waals surface area contributed by atoms with Crippen LogP contribution in [0.2, 0.25) is 5.02 Å². The molecule has 0 spiro atoms. The molecule has 82 valence electrons. The summed E-state index contributed by atoms with van der Waals surface area (Å²) in [4.78, 5) is 0. The minimum absolute atomic E-state index is 0.0937. The Morgan fingerprint density at radius 1 is 1.47 bits per heavy atom. The molecule has 0 amide bonds. The van der Waals surface area contributed by atoms with Crippen molar-refractivity contribution in [2.45, 2.75) is 25.7 Å². The zero-order valence-electron chi connectivity index (χ0n) is 8.98. The third-order valence-corrected chi connectivity index (χ3v) is 3.94. The van der Waals surface area contributed by atoms with E-state index in [4.69, 9.17) is 17.3 Å². The number of benzene rings is 1. The molecule has 2 rings (SSSR count). The summed E-state index contributed by atoms with van der Waals surface area (Å²) in [5.41, 5.74) is 6.39. The van der Waals surface area contributed by atoms with Gasteiger partial charge in [0.05, 0.1) is 0 Å². The summed E-state index contributed by atoms with van der Waals surface area (Å²) in [5.74, 6) is -0.237. The molecule has 0 heterocycles. The van der Waals surface area contributed by atoms with Gasteiger partial charge in [-0.05, 0) is 29.5 Å². The summed E-state index contributed by atoms with van der Waals surface area (Å²) >= 11 is 5.73. The molecule has 3 heteroatoms. The highest BCUT2D eigenvalue weighted by atomic mass is 35.5. The molecule has 2 N–H and O–H groups in total. The average molecular weight is 228 g/mol. The molecule has 1 aromatic rings. The largest absolute Gasteiger partial charge is 0.330 e. The first-order valence-electron chi connectivity index (χ1n) is 5.08. The van der Waals surface area contributed by atoms with Crippen molar-refractivity contribution in [1.29, 1.82) is 0 Å². The van der Waals surface area contributed by atoms with E-state index in [1.165, 1.54) is 6.07 Å². The normalized spacial score (nSPS) is 27.8. The molecule has 0 saturated heterocycles. The molecule has 0 aliphatic heterocycles. The lowest BCUT2D eigenvalue weighted by molar-refractivity contribution is 0.477. The lowest BCUT2D eigenvalue weighted by Gasteiger charge is -2.19. The zero-order chi connectivity index (χ0) is 11.3. The molecule has 1 fully saturated rings. The first-order valence-corrected chi connectivity index (χ1v) is 5.46. The van der Waals surface area contributed by atoms with Crippen molar-refractivity contribution in [2.24, 2.45) is 11.1 Å². The molecule has 1 aliphatic carbocycles.